The lowest BCUT2D eigenvalue weighted by atomic mass is 10.0. The third kappa shape index (κ3) is 8.37. The van der Waals surface area contributed by atoms with Gasteiger partial charge in [0.1, 0.15) is 18.0 Å². The first-order chi connectivity index (χ1) is 17.2. The van der Waals surface area contributed by atoms with Crippen molar-refractivity contribution < 1.29 is 28.6 Å². The van der Waals surface area contributed by atoms with Gasteiger partial charge in [0.05, 0.1) is 18.7 Å². The number of carboxylic acid groups (broad SMARTS) is 1. The molecular weight excluding hydrogens is 467 g/mol. The minimum absolute atomic E-state index is 0.00429. The van der Waals surface area contributed by atoms with Gasteiger partial charge < -0.3 is 25.8 Å². The molecule has 1 aliphatic heterocycles. The molecule has 2 atom stereocenters. The zero-order valence-electron chi connectivity index (χ0n) is 20.3. The van der Waals surface area contributed by atoms with Crippen LogP contribution in [-0.4, -0.2) is 47.6 Å². The van der Waals surface area contributed by atoms with Crippen LogP contribution in [0, 0.1) is 11.7 Å². The smallest absolute Gasteiger partial charge is 0.323 e. The zero-order chi connectivity index (χ0) is 26.1. The molecule has 36 heavy (non-hydrogen) atoms. The number of halogens is 1. The van der Waals surface area contributed by atoms with Gasteiger partial charge in [-0.1, -0.05) is 38.1 Å². The van der Waals surface area contributed by atoms with Crippen molar-refractivity contribution in [2.45, 2.75) is 51.7 Å². The summed E-state index contributed by atoms with van der Waals surface area (Å²) >= 11 is 0. The van der Waals surface area contributed by atoms with Crippen LogP contribution in [-0.2, 0) is 20.7 Å². The van der Waals surface area contributed by atoms with Gasteiger partial charge in [-0.05, 0) is 48.6 Å². The van der Waals surface area contributed by atoms with E-state index >= 15 is 0 Å². The van der Waals surface area contributed by atoms with Gasteiger partial charge in [-0.15, -0.1) is 0 Å². The number of ether oxygens (including phenoxy) is 1. The molecule has 9 nitrogen and oxygen atoms in total. The van der Waals surface area contributed by atoms with Crippen molar-refractivity contribution in [2.75, 3.05) is 17.2 Å². The number of carbonyl (C=O) groups excluding carboxylic acids is 2. The largest absolute Gasteiger partial charge is 0.481 e. The van der Waals surface area contributed by atoms with Crippen molar-refractivity contribution in [3.63, 3.8) is 0 Å². The number of aliphatic imine (C=N–C) groups is 1. The highest BCUT2D eigenvalue weighted by Gasteiger charge is 2.28. The predicted octanol–water partition coefficient (Wildman–Crippen LogP) is 4.21. The van der Waals surface area contributed by atoms with Crippen LogP contribution in [0.5, 0.6) is 0 Å². The number of aliphatic carboxylic acids is 1. The molecule has 1 heterocycles. The minimum Gasteiger partial charge on any atom is -0.481 e. The van der Waals surface area contributed by atoms with Gasteiger partial charge in [0.2, 0.25) is 11.8 Å². The number of hydrogen-bond donors (Lipinski definition) is 4. The van der Waals surface area contributed by atoms with E-state index in [-0.39, 0.29) is 36.5 Å². The van der Waals surface area contributed by atoms with Gasteiger partial charge in [-0.2, -0.15) is 0 Å². The van der Waals surface area contributed by atoms with Crippen molar-refractivity contribution in [1.29, 1.82) is 0 Å². The van der Waals surface area contributed by atoms with Gasteiger partial charge in [-0.25, -0.2) is 14.2 Å². The normalized spacial score (nSPS) is 15.6. The van der Waals surface area contributed by atoms with E-state index in [2.05, 4.69) is 20.9 Å². The Labute approximate surface area is 209 Å². The molecule has 192 valence electrons. The lowest BCUT2D eigenvalue weighted by Gasteiger charge is -2.21. The number of urea groups is 1. The Balaban J connectivity index is 1.52. The Morgan fingerprint density at radius 3 is 2.50 bits per heavy atom. The molecule has 2 aromatic carbocycles. The van der Waals surface area contributed by atoms with Crippen LogP contribution in [0.3, 0.4) is 0 Å². The Morgan fingerprint density at radius 2 is 1.83 bits per heavy atom. The molecule has 2 aromatic rings. The van der Waals surface area contributed by atoms with E-state index in [4.69, 9.17) is 9.84 Å². The van der Waals surface area contributed by atoms with E-state index in [1.807, 2.05) is 13.8 Å². The van der Waals surface area contributed by atoms with Crippen molar-refractivity contribution in [2.24, 2.45) is 10.9 Å². The first kappa shape index (κ1) is 26.7. The summed E-state index contributed by atoms with van der Waals surface area (Å²) in [7, 11) is 0. The summed E-state index contributed by atoms with van der Waals surface area (Å²) in [5, 5.41) is 16.9. The molecule has 10 heteroatoms. The standard InChI is InChI=1S/C26H31FN4O5/c1-16(2)13-22(25-28-15-19(36-25)11-12-24(33)34)30-23(32)14-17-7-9-18(10-8-17)29-26(35)31-21-6-4-3-5-20(21)27/h3-10,16,19,22H,11-15H2,1-2H3,(H,30,32)(H,33,34)(H2,29,31,35). The molecule has 3 amide bonds. The fraction of sp³-hybridized carbons (Fsp3) is 0.385. The fourth-order valence-corrected chi connectivity index (χ4v) is 3.74. The number of carboxylic acids is 1. The summed E-state index contributed by atoms with van der Waals surface area (Å²) in [6.45, 7) is 4.45. The maximum Gasteiger partial charge on any atom is 0.323 e. The number of benzene rings is 2. The van der Waals surface area contributed by atoms with Gasteiger partial charge in [-0.3, -0.25) is 9.59 Å². The molecule has 0 saturated carbocycles. The summed E-state index contributed by atoms with van der Waals surface area (Å²) in [6.07, 6.45) is 0.828. The van der Waals surface area contributed by atoms with E-state index in [0.717, 1.165) is 5.56 Å². The quantitative estimate of drug-likeness (QED) is 0.369. The highest BCUT2D eigenvalue weighted by molar-refractivity contribution is 5.99. The Kier molecular flexibility index (Phi) is 9.38. The lowest BCUT2D eigenvalue weighted by Crippen LogP contribution is -2.43. The first-order valence-corrected chi connectivity index (χ1v) is 11.8. The van der Waals surface area contributed by atoms with E-state index in [1.165, 1.54) is 18.2 Å². The summed E-state index contributed by atoms with van der Waals surface area (Å²) in [5.74, 6) is -0.909. The molecule has 0 fully saturated rings. The number of rotatable bonds is 11. The van der Waals surface area contributed by atoms with Crippen LogP contribution >= 0.6 is 0 Å². The number of para-hydroxylation sites is 1. The number of nitrogens with one attached hydrogen (secondary N) is 3. The average molecular weight is 499 g/mol. The van der Waals surface area contributed by atoms with Crippen LogP contribution in [0.15, 0.2) is 53.5 Å². The number of hydrogen-bond acceptors (Lipinski definition) is 5. The molecule has 0 aliphatic carbocycles. The SMILES string of the molecule is CC(C)CC(NC(=O)Cc1ccc(NC(=O)Nc2ccccc2F)cc1)C1=NCC(CCC(=O)O)O1. The molecular formula is C26H31FN4O5. The van der Waals surface area contributed by atoms with Crippen molar-refractivity contribution >= 4 is 35.2 Å². The summed E-state index contributed by atoms with van der Waals surface area (Å²) in [5.41, 5.74) is 1.31. The molecule has 0 saturated heterocycles. The lowest BCUT2D eigenvalue weighted by molar-refractivity contribution is -0.137. The molecule has 0 aromatic heterocycles. The summed E-state index contributed by atoms with van der Waals surface area (Å²) in [4.78, 5) is 40.1. The summed E-state index contributed by atoms with van der Waals surface area (Å²) < 4.78 is 19.5. The zero-order valence-corrected chi connectivity index (χ0v) is 20.3. The average Bonchev–Trinajstić information content (AvgIpc) is 3.29. The third-order valence-electron chi connectivity index (χ3n) is 5.46. The number of amides is 3. The Hall–Kier alpha value is -3.95. The van der Waals surface area contributed by atoms with Crippen LogP contribution in [0.4, 0.5) is 20.6 Å². The summed E-state index contributed by atoms with van der Waals surface area (Å²) in [6, 6.07) is 11.7. The predicted molar refractivity (Wildman–Crippen MR) is 135 cm³/mol. The van der Waals surface area contributed by atoms with E-state index in [1.54, 1.807) is 30.3 Å². The Morgan fingerprint density at radius 1 is 1.11 bits per heavy atom. The number of anilines is 2. The van der Waals surface area contributed by atoms with Gasteiger partial charge >= 0.3 is 12.0 Å². The van der Waals surface area contributed by atoms with Crippen LogP contribution in [0.1, 0.15) is 38.7 Å². The van der Waals surface area contributed by atoms with Crippen molar-refractivity contribution in [1.82, 2.24) is 5.32 Å². The number of nitrogens with zero attached hydrogens (tertiary/aromatic N) is 1. The molecule has 3 rings (SSSR count). The maximum absolute atomic E-state index is 13.7. The number of carbonyl (C=O) groups is 3. The van der Waals surface area contributed by atoms with E-state index < -0.39 is 23.9 Å². The van der Waals surface area contributed by atoms with Crippen molar-refractivity contribution in [3.05, 3.63) is 59.9 Å². The third-order valence-corrected chi connectivity index (χ3v) is 5.46. The second-order valence-electron chi connectivity index (χ2n) is 9.03. The molecule has 0 bridgehead atoms. The topological polar surface area (TPSA) is 129 Å². The van der Waals surface area contributed by atoms with Gasteiger partial charge in [0.25, 0.3) is 0 Å². The molecule has 2 unspecified atom stereocenters. The highest BCUT2D eigenvalue weighted by Crippen LogP contribution is 2.18. The highest BCUT2D eigenvalue weighted by atomic mass is 19.1. The molecule has 1 aliphatic rings. The second-order valence-corrected chi connectivity index (χ2v) is 9.03. The van der Waals surface area contributed by atoms with E-state index in [0.29, 0.717) is 31.0 Å². The minimum atomic E-state index is -0.883. The van der Waals surface area contributed by atoms with Crippen LogP contribution in [0.25, 0.3) is 0 Å². The molecule has 0 spiro atoms. The van der Waals surface area contributed by atoms with Crippen molar-refractivity contribution in [3.8, 4) is 0 Å². The maximum atomic E-state index is 13.7. The van der Waals surface area contributed by atoms with Gasteiger partial charge in [0.15, 0.2) is 0 Å². The first-order valence-electron chi connectivity index (χ1n) is 11.8. The van der Waals surface area contributed by atoms with Crippen LogP contribution < -0.4 is 16.0 Å². The molecule has 0 radical (unpaired) electrons. The Bertz CT molecular complexity index is 1100. The van der Waals surface area contributed by atoms with E-state index in [9.17, 15) is 18.8 Å². The second kappa shape index (κ2) is 12.7. The van der Waals surface area contributed by atoms with Gasteiger partial charge in [0, 0.05) is 12.1 Å². The molecule has 4 N–H and O–H groups in total. The fourth-order valence-electron chi connectivity index (χ4n) is 3.74. The van der Waals surface area contributed by atoms with Crippen LogP contribution in [0.2, 0.25) is 0 Å². The monoisotopic (exact) mass is 498 g/mol.